The Hall–Kier alpha value is -0.160. The summed E-state index contributed by atoms with van der Waals surface area (Å²) in [5.74, 6) is 0.671. The summed E-state index contributed by atoms with van der Waals surface area (Å²) in [6.07, 6.45) is 1.24. The van der Waals surface area contributed by atoms with Crippen molar-refractivity contribution >= 4 is 23.7 Å². The monoisotopic (exact) mass is 261 g/mol. The number of nitrogens with zero attached hydrogens (tertiary/aromatic N) is 2. The molecule has 0 aliphatic carbocycles. The van der Waals surface area contributed by atoms with Gasteiger partial charge >= 0.3 is 0 Å². The number of thiazole rings is 1. The molecular weight excluding hydrogens is 242 g/mol. The number of halogens is 1. The molecule has 1 fully saturated rings. The highest BCUT2D eigenvalue weighted by Crippen LogP contribution is 2.21. The van der Waals surface area contributed by atoms with Gasteiger partial charge in [0, 0.05) is 24.5 Å². The molecule has 1 saturated heterocycles. The predicted molar refractivity (Wildman–Crippen MR) is 71.1 cm³/mol. The first-order chi connectivity index (χ1) is 7.15. The summed E-state index contributed by atoms with van der Waals surface area (Å²) in [5, 5.41) is 3.32. The molecule has 3 nitrogen and oxygen atoms in total. The molecule has 2 N–H and O–H groups in total. The van der Waals surface area contributed by atoms with E-state index in [4.69, 9.17) is 5.73 Å². The van der Waals surface area contributed by atoms with E-state index in [1.807, 2.05) is 0 Å². The van der Waals surface area contributed by atoms with Crippen LogP contribution in [0.1, 0.15) is 24.0 Å². The standard InChI is InChI=1S/C11H19N3S.ClH/c1-8(12)10-3-4-14(5-10)6-11-7-15-9(2)13-11;/h7-8,10H,3-6,12H2,1-2H3;1H. The van der Waals surface area contributed by atoms with Gasteiger partial charge < -0.3 is 5.73 Å². The van der Waals surface area contributed by atoms with Crippen molar-refractivity contribution in [1.29, 1.82) is 0 Å². The lowest BCUT2D eigenvalue weighted by molar-refractivity contribution is 0.305. The first kappa shape index (κ1) is 13.9. The van der Waals surface area contributed by atoms with Gasteiger partial charge in [0.15, 0.2) is 0 Å². The van der Waals surface area contributed by atoms with Crippen LogP contribution in [0.3, 0.4) is 0 Å². The fourth-order valence-corrected chi connectivity index (χ4v) is 2.75. The highest BCUT2D eigenvalue weighted by atomic mass is 35.5. The molecule has 1 aromatic rings. The van der Waals surface area contributed by atoms with Crippen molar-refractivity contribution < 1.29 is 0 Å². The molecule has 2 unspecified atom stereocenters. The van der Waals surface area contributed by atoms with Crippen LogP contribution in [0.4, 0.5) is 0 Å². The molecule has 16 heavy (non-hydrogen) atoms. The lowest BCUT2D eigenvalue weighted by Gasteiger charge is -2.16. The molecule has 0 amide bonds. The third kappa shape index (κ3) is 3.42. The Labute approximate surface area is 107 Å². The summed E-state index contributed by atoms with van der Waals surface area (Å²) >= 11 is 1.73. The molecule has 1 aliphatic rings. The van der Waals surface area contributed by atoms with Gasteiger partial charge in [-0.15, -0.1) is 23.7 Å². The van der Waals surface area contributed by atoms with Gasteiger partial charge in [-0.3, -0.25) is 4.90 Å². The number of likely N-dealkylation sites (tertiary alicyclic amines) is 1. The fourth-order valence-electron chi connectivity index (χ4n) is 2.15. The minimum absolute atomic E-state index is 0. The molecule has 92 valence electrons. The first-order valence-electron chi connectivity index (χ1n) is 5.54. The third-order valence-corrected chi connectivity index (χ3v) is 3.93. The third-order valence-electron chi connectivity index (χ3n) is 3.10. The Balaban J connectivity index is 0.00000128. The zero-order chi connectivity index (χ0) is 10.8. The van der Waals surface area contributed by atoms with Crippen LogP contribution >= 0.6 is 23.7 Å². The smallest absolute Gasteiger partial charge is 0.0897 e. The predicted octanol–water partition coefficient (Wildman–Crippen LogP) is 2.04. The number of hydrogen-bond acceptors (Lipinski definition) is 4. The van der Waals surface area contributed by atoms with E-state index in [2.05, 4.69) is 29.1 Å². The van der Waals surface area contributed by atoms with Crippen molar-refractivity contribution in [3.63, 3.8) is 0 Å². The summed E-state index contributed by atoms with van der Waals surface area (Å²) in [7, 11) is 0. The Morgan fingerprint density at radius 1 is 1.69 bits per heavy atom. The van der Waals surface area contributed by atoms with Crippen molar-refractivity contribution in [2.45, 2.75) is 32.9 Å². The van der Waals surface area contributed by atoms with Crippen LogP contribution in [-0.4, -0.2) is 29.0 Å². The van der Waals surface area contributed by atoms with E-state index >= 15 is 0 Å². The summed E-state index contributed by atoms with van der Waals surface area (Å²) in [6.45, 7) is 7.47. The van der Waals surface area contributed by atoms with E-state index in [9.17, 15) is 0 Å². The van der Waals surface area contributed by atoms with Crippen molar-refractivity contribution in [1.82, 2.24) is 9.88 Å². The molecular formula is C11H20ClN3S. The van der Waals surface area contributed by atoms with E-state index in [0.717, 1.165) is 18.1 Å². The molecule has 0 spiro atoms. The van der Waals surface area contributed by atoms with Crippen LogP contribution in [0.15, 0.2) is 5.38 Å². The Kier molecular flexibility index (Phi) is 5.18. The Bertz CT molecular complexity index is 327. The second-order valence-corrected chi connectivity index (χ2v) is 5.56. The molecule has 2 rings (SSSR count). The summed E-state index contributed by atoms with van der Waals surface area (Å²) in [5.41, 5.74) is 7.13. The van der Waals surface area contributed by atoms with Gasteiger partial charge in [-0.2, -0.15) is 0 Å². The minimum Gasteiger partial charge on any atom is -0.328 e. The second kappa shape index (κ2) is 5.96. The van der Waals surface area contributed by atoms with Gasteiger partial charge in [0.1, 0.15) is 0 Å². The van der Waals surface area contributed by atoms with Crippen LogP contribution in [0.5, 0.6) is 0 Å². The lowest BCUT2D eigenvalue weighted by Crippen LogP contribution is -2.29. The Morgan fingerprint density at radius 2 is 2.44 bits per heavy atom. The highest BCUT2D eigenvalue weighted by Gasteiger charge is 2.25. The number of aryl methyl sites for hydroxylation is 1. The number of nitrogens with two attached hydrogens (primary N) is 1. The van der Waals surface area contributed by atoms with Crippen LogP contribution in [0.25, 0.3) is 0 Å². The van der Waals surface area contributed by atoms with Crippen LogP contribution in [0.2, 0.25) is 0 Å². The van der Waals surface area contributed by atoms with Gasteiger partial charge in [0.05, 0.1) is 10.7 Å². The average Bonchev–Trinajstić information content (AvgIpc) is 2.76. The molecule has 0 bridgehead atoms. The molecule has 0 saturated carbocycles. The average molecular weight is 262 g/mol. The van der Waals surface area contributed by atoms with Crippen LogP contribution in [0, 0.1) is 12.8 Å². The number of aromatic nitrogens is 1. The van der Waals surface area contributed by atoms with E-state index in [0.29, 0.717) is 12.0 Å². The van der Waals surface area contributed by atoms with Gasteiger partial charge in [0.25, 0.3) is 0 Å². The van der Waals surface area contributed by atoms with E-state index < -0.39 is 0 Å². The molecule has 5 heteroatoms. The molecule has 1 aliphatic heterocycles. The van der Waals surface area contributed by atoms with Crippen molar-refractivity contribution in [2.24, 2.45) is 11.7 Å². The zero-order valence-electron chi connectivity index (χ0n) is 9.85. The molecule has 2 atom stereocenters. The fraction of sp³-hybridized carbons (Fsp3) is 0.727. The van der Waals surface area contributed by atoms with Crippen LogP contribution < -0.4 is 5.73 Å². The number of rotatable bonds is 3. The largest absolute Gasteiger partial charge is 0.328 e. The van der Waals surface area contributed by atoms with E-state index in [1.54, 1.807) is 11.3 Å². The molecule has 1 aromatic heterocycles. The maximum atomic E-state index is 5.92. The molecule has 0 radical (unpaired) electrons. The van der Waals surface area contributed by atoms with Crippen LogP contribution in [-0.2, 0) is 6.54 Å². The van der Waals surface area contributed by atoms with Crippen molar-refractivity contribution in [3.8, 4) is 0 Å². The summed E-state index contributed by atoms with van der Waals surface area (Å²) in [6, 6.07) is 0.326. The van der Waals surface area contributed by atoms with Crippen molar-refractivity contribution in [3.05, 3.63) is 16.1 Å². The van der Waals surface area contributed by atoms with E-state index in [1.165, 1.54) is 18.7 Å². The maximum absolute atomic E-state index is 5.92. The molecule has 0 aromatic carbocycles. The van der Waals surface area contributed by atoms with Gasteiger partial charge in [-0.1, -0.05) is 0 Å². The first-order valence-corrected chi connectivity index (χ1v) is 6.42. The minimum atomic E-state index is 0. The normalized spacial score (nSPS) is 23.1. The van der Waals surface area contributed by atoms with Crippen molar-refractivity contribution in [2.75, 3.05) is 13.1 Å². The lowest BCUT2D eigenvalue weighted by atomic mass is 10.0. The SMILES string of the molecule is Cc1nc(CN2CCC(C(C)N)C2)cs1.Cl. The number of hydrogen-bond donors (Lipinski definition) is 1. The van der Waals surface area contributed by atoms with Gasteiger partial charge in [-0.25, -0.2) is 4.98 Å². The zero-order valence-corrected chi connectivity index (χ0v) is 11.5. The maximum Gasteiger partial charge on any atom is 0.0897 e. The van der Waals surface area contributed by atoms with E-state index in [-0.39, 0.29) is 12.4 Å². The molecule has 2 heterocycles. The highest BCUT2D eigenvalue weighted by molar-refractivity contribution is 7.09. The summed E-state index contributed by atoms with van der Waals surface area (Å²) in [4.78, 5) is 6.95. The van der Waals surface area contributed by atoms with Gasteiger partial charge in [0.2, 0.25) is 0 Å². The topological polar surface area (TPSA) is 42.2 Å². The Morgan fingerprint density at radius 3 is 2.94 bits per heavy atom. The second-order valence-electron chi connectivity index (χ2n) is 4.50. The van der Waals surface area contributed by atoms with Gasteiger partial charge in [-0.05, 0) is 32.7 Å². The quantitative estimate of drug-likeness (QED) is 0.906. The summed E-state index contributed by atoms with van der Waals surface area (Å²) < 4.78 is 0.